The Morgan fingerprint density at radius 2 is 1.84 bits per heavy atom. The molecule has 234 valence electrons. The third-order valence-corrected chi connectivity index (χ3v) is 9.77. The molecular formula is C33H44N2O7S. The normalized spacial score (nSPS) is 30.7. The van der Waals surface area contributed by atoms with Crippen molar-refractivity contribution in [3.8, 4) is 5.75 Å². The average molecular weight is 613 g/mol. The predicted molar refractivity (Wildman–Crippen MR) is 164 cm³/mol. The highest BCUT2D eigenvalue weighted by molar-refractivity contribution is 7.09. The number of carbonyl (C=O) groups is 3. The molecule has 4 rings (SSSR count). The Morgan fingerprint density at radius 1 is 1.14 bits per heavy atom. The first-order valence-corrected chi connectivity index (χ1v) is 15.9. The van der Waals surface area contributed by atoms with Crippen molar-refractivity contribution in [1.82, 2.24) is 9.88 Å². The summed E-state index contributed by atoms with van der Waals surface area (Å²) in [5, 5.41) is 24.9. The van der Waals surface area contributed by atoms with E-state index in [4.69, 9.17) is 9.47 Å². The van der Waals surface area contributed by atoms with Gasteiger partial charge in [0.15, 0.2) is 0 Å². The first-order chi connectivity index (χ1) is 20.3. The first-order valence-electron chi connectivity index (χ1n) is 15.0. The number of Topliss-reactive ketones (excluding diaryl/α,β-unsaturated/α-hetero) is 1. The molecule has 2 saturated heterocycles. The molecule has 2 unspecified atom stereocenters. The number of nitrogens with zero attached hydrogens (tertiary/aromatic N) is 2. The fourth-order valence-electron chi connectivity index (χ4n) is 6.01. The minimum Gasteiger partial charge on any atom is -0.458 e. The minimum absolute atomic E-state index is 0.132. The summed E-state index contributed by atoms with van der Waals surface area (Å²) in [7, 11) is 0. The monoisotopic (exact) mass is 612 g/mol. The number of ketones is 1. The second-order valence-electron chi connectivity index (χ2n) is 12.6. The molecule has 10 heteroatoms. The van der Waals surface area contributed by atoms with Crippen LogP contribution in [-0.2, 0) is 14.3 Å². The van der Waals surface area contributed by atoms with Crippen LogP contribution in [0.15, 0.2) is 41.3 Å². The number of aliphatic hydroxyl groups excluding tert-OH is 2. The summed E-state index contributed by atoms with van der Waals surface area (Å²) in [6.45, 7) is 10.6. The van der Waals surface area contributed by atoms with Gasteiger partial charge in [0.05, 0.1) is 46.8 Å². The maximum Gasteiger partial charge on any atom is 0.415 e. The lowest BCUT2D eigenvalue weighted by atomic mass is 9.73. The third kappa shape index (κ3) is 7.91. The number of ether oxygens (including phenoxy) is 2. The maximum atomic E-state index is 13.4. The van der Waals surface area contributed by atoms with Crippen LogP contribution in [-0.4, -0.2) is 68.3 Å². The number of thiazole rings is 1. The van der Waals surface area contributed by atoms with Crippen molar-refractivity contribution in [2.24, 2.45) is 17.3 Å². The highest BCUT2D eigenvalue weighted by atomic mass is 32.1. The molecule has 2 aromatic rings. The summed E-state index contributed by atoms with van der Waals surface area (Å²) in [6.07, 6.45) is 0.531. The molecule has 7 atom stereocenters. The minimum atomic E-state index is -1.30. The SMILES string of the molecule is CC(=Cc1csc(C)n1)C1CC2[C@@H](CCC[C@H](C)[C@H](O)[C@@H](C)C(=O)C(C)(C)[C@@H](O)CC(=O)O1)N2C(=O)Oc1ccccc1. The van der Waals surface area contributed by atoms with Crippen LogP contribution in [0.3, 0.4) is 0 Å². The Bertz CT molecular complexity index is 1320. The number of hydrogen-bond acceptors (Lipinski definition) is 9. The van der Waals surface area contributed by atoms with Crippen LogP contribution >= 0.6 is 11.3 Å². The molecular weight excluding hydrogens is 568 g/mol. The molecule has 3 heterocycles. The number of carbonyl (C=O) groups excluding carboxylic acids is 3. The zero-order chi connectivity index (χ0) is 31.5. The van der Waals surface area contributed by atoms with Gasteiger partial charge in [0.1, 0.15) is 17.6 Å². The number of para-hydroxylation sites is 1. The molecule has 2 aliphatic heterocycles. The zero-order valence-corrected chi connectivity index (χ0v) is 26.7. The molecule has 0 radical (unpaired) electrons. The van der Waals surface area contributed by atoms with E-state index in [2.05, 4.69) is 4.98 Å². The molecule has 2 fully saturated rings. The van der Waals surface area contributed by atoms with Crippen molar-refractivity contribution in [2.75, 3.05) is 0 Å². The van der Waals surface area contributed by atoms with Gasteiger partial charge in [0, 0.05) is 17.7 Å². The van der Waals surface area contributed by atoms with E-state index in [0.29, 0.717) is 25.0 Å². The molecule has 2 aliphatic rings. The van der Waals surface area contributed by atoms with Gasteiger partial charge < -0.3 is 19.7 Å². The predicted octanol–water partition coefficient (Wildman–Crippen LogP) is 5.57. The van der Waals surface area contributed by atoms with Gasteiger partial charge in [-0.1, -0.05) is 52.3 Å². The number of hydrogen-bond donors (Lipinski definition) is 2. The summed E-state index contributed by atoms with van der Waals surface area (Å²) in [5.41, 5.74) is 0.245. The highest BCUT2D eigenvalue weighted by Crippen LogP contribution is 2.40. The quantitative estimate of drug-likeness (QED) is 0.340. The summed E-state index contributed by atoms with van der Waals surface area (Å²) in [5.74, 6) is -1.41. The second-order valence-corrected chi connectivity index (χ2v) is 13.7. The number of aromatic nitrogens is 1. The lowest BCUT2D eigenvalue weighted by molar-refractivity contribution is -0.154. The molecule has 2 N–H and O–H groups in total. The van der Waals surface area contributed by atoms with Crippen molar-refractivity contribution in [1.29, 1.82) is 0 Å². The first kappa shape index (κ1) is 32.8. The van der Waals surface area contributed by atoms with Crippen LogP contribution in [0, 0.1) is 24.2 Å². The van der Waals surface area contributed by atoms with Crippen LogP contribution in [0.5, 0.6) is 5.75 Å². The molecule has 1 aromatic heterocycles. The fraction of sp³-hybridized carbons (Fsp3) is 0.576. The van der Waals surface area contributed by atoms with Gasteiger partial charge >= 0.3 is 12.1 Å². The molecule has 0 spiro atoms. The number of aryl methyl sites for hydroxylation is 1. The van der Waals surface area contributed by atoms with Gasteiger partial charge in [-0.05, 0) is 56.4 Å². The molecule has 0 saturated carbocycles. The number of fused-ring (bicyclic) bond motifs is 1. The number of benzene rings is 1. The Kier molecular flexibility index (Phi) is 10.5. The largest absolute Gasteiger partial charge is 0.458 e. The Hall–Kier alpha value is -3.08. The van der Waals surface area contributed by atoms with Crippen molar-refractivity contribution in [3.05, 3.63) is 52.0 Å². The second kappa shape index (κ2) is 13.7. The van der Waals surface area contributed by atoms with E-state index in [9.17, 15) is 24.6 Å². The van der Waals surface area contributed by atoms with Crippen molar-refractivity contribution >= 4 is 35.3 Å². The van der Waals surface area contributed by atoms with E-state index in [0.717, 1.165) is 22.7 Å². The van der Waals surface area contributed by atoms with Crippen LogP contribution in [0.25, 0.3) is 6.08 Å². The van der Waals surface area contributed by atoms with Gasteiger partial charge in [0.25, 0.3) is 0 Å². The molecule has 9 nitrogen and oxygen atoms in total. The highest BCUT2D eigenvalue weighted by Gasteiger charge is 2.53. The van der Waals surface area contributed by atoms with Crippen LogP contribution < -0.4 is 4.74 Å². The number of amides is 1. The summed E-state index contributed by atoms with van der Waals surface area (Å²) < 4.78 is 11.6. The molecule has 1 aromatic carbocycles. The standard InChI is InChI=1S/C33H44N2O7S/c1-19-11-10-14-25-26(35(25)32(40)41-24-12-8-7-9-13-24)16-27(20(2)15-23-18-43-22(4)34-23)42-29(37)17-28(36)33(5,6)31(39)21(3)30(19)38/h7-9,12-13,15,18-19,21,25-28,30,36,38H,10-11,14,16-17H2,1-6H3/t19-,21+,25+,26?,27?,28-,30-,35?/m0/s1. The van der Waals surface area contributed by atoms with E-state index in [1.54, 1.807) is 49.9 Å². The Labute approximate surface area is 257 Å². The van der Waals surface area contributed by atoms with Gasteiger partial charge in [-0.2, -0.15) is 0 Å². The third-order valence-electron chi connectivity index (χ3n) is 8.97. The number of cyclic esters (lactones) is 1. The average Bonchev–Trinajstić information content (AvgIpc) is 3.49. The number of esters is 1. The van der Waals surface area contributed by atoms with Crippen molar-refractivity contribution in [2.45, 2.75) is 104 Å². The molecule has 0 bridgehead atoms. The van der Waals surface area contributed by atoms with Crippen molar-refractivity contribution < 1.29 is 34.1 Å². The Balaban J connectivity index is 1.63. The van der Waals surface area contributed by atoms with Gasteiger partial charge in [-0.15, -0.1) is 11.3 Å². The number of rotatable bonds is 3. The van der Waals surface area contributed by atoms with E-state index in [1.807, 2.05) is 38.3 Å². The summed E-state index contributed by atoms with van der Waals surface area (Å²) >= 11 is 1.52. The van der Waals surface area contributed by atoms with E-state index in [1.165, 1.54) is 11.3 Å². The molecule has 1 amide bonds. The van der Waals surface area contributed by atoms with Crippen LogP contribution in [0.2, 0.25) is 0 Å². The summed E-state index contributed by atoms with van der Waals surface area (Å²) in [6, 6.07) is 8.51. The van der Waals surface area contributed by atoms with Gasteiger partial charge in [-0.3, -0.25) is 14.5 Å². The van der Waals surface area contributed by atoms with Crippen LogP contribution in [0.4, 0.5) is 4.79 Å². The zero-order valence-electron chi connectivity index (χ0n) is 25.9. The van der Waals surface area contributed by atoms with E-state index < -0.39 is 41.7 Å². The van der Waals surface area contributed by atoms with Crippen LogP contribution in [0.1, 0.15) is 77.4 Å². The summed E-state index contributed by atoms with van der Waals surface area (Å²) in [4.78, 5) is 46.1. The smallest absolute Gasteiger partial charge is 0.415 e. The lowest BCUT2D eigenvalue weighted by Crippen LogP contribution is -2.45. The number of aliphatic hydroxyl groups is 2. The fourth-order valence-corrected chi connectivity index (χ4v) is 6.58. The maximum absolute atomic E-state index is 13.4. The van der Waals surface area contributed by atoms with Gasteiger partial charge in [0.2, 0.25) is 0 Å². The molecule has 43 heavy (non-hydrogen) atoms. The van der Waals surface area contributed by atoms with E-state index >= 15 is 0 Å². The topological polar surface area (TPSA) is 126 Å². The van der Waals surface area contributed by atoms with E-state index in [-0.39, 0.29) is 30.2 Å². The van der Waals surface area contributed by atoms with Gasteiger partial charge in [-0.25, -0.2) is 9.78 Å². The molecule has 0 aliphatic carbocycles. The van der Waals surface area contributed by atoms with Crippen molar-refractivity contribution in [3.63, 3.8) is 0 Å². The Morgan fingerprint density at radius 3 is 2.49 bits per heavy atom. The lowest BCUT2D eigenvalue weighted by Gasteiger charge is -2.34.